The summed E-state index contributed by atoms with van der Waals surface area (Å²) in [4.78, 5) is 20.5. The van der Waals surface area contributed by atoms with E-state index in [1.165, 1.54) is 23.5 Å². The summed E-state index contributed by atoms with van der Waals surface area (Å²) in [5, 5.41) is 0. The van der Waals surface area contributed by atoms with Crippen LogP contribution >= 0.6 is 11.3 Å². The number of thiophene rings is 1. The second kappa shape index (κ2) is 6.29. The second-order valence-electron chi connectivity index (χ2n) is 5.84. The molecule has 3 aromatic rings. The summed E-state index contributed by atoms with van der Waals surface area (Å²) >= 11 is 1.39. The van der Waals surface area contributed by atoms with Crippen LogP contribution in [0.4, 0.5) is 10.1 Å². The molecule has 3 heterocycles. The predicted octanol–water partition coefficient (Wildman–Crippen LogP) is 4.38. The lowest BCUT2D eigenvalue weighted by Crippen LogP contribution is -2.42. The van der Waals surface area contributed by atoms with E-state index in [0.29, 0.717) is 23.0 Å². The van der Waals surface area contributed by atoms with E-state index >= 15 is 0 Å². The van der Waals surface area contributed by atoms with Gasteiger partial charge in [0.1, 0.15) is 17.6 Å². The Morgan fingerprint density at radius 2 is 2.04 bits per heavy atom. The molecule has 1 atom stereocenters. The van der Waals surface area contributed by atoms with E-state index in [1.807, 2.05) is 25.1 Å². The summed E-state index contributed by atoms with van der Waals surface area (Å²) in [6, 6.07) is 13.6. The molecule has 4 rings (SSSR count). The van der Waals surface area contributed by atoms with Crippen LogP contribution in [-0.2, 0) is 0 Å². The predicted molar refractivity (Wildman–Crippen MR) is 95.7 cm³/mol. The molecule has 25 heavy (non-hydrogen) atoms. The number of carbonyl (C=O) groups is 1. The number of carbonyl (C=O) groups excluding carboxylic acids is 1. The lowest BCUT2D eigenvalue weighted by atomic mass is 10.2. The second-order valence-corrected chi connectivity index (χ2v) is 6.93. The number of hydrogen-bond acceptors (Lipinski definition) is 4. The van der Waals surface area contributed by atoms with Gasteiger partial charge in [0, 0.05) is 11.1 Å². The van der Waals surface area contributed by atoms with Gasteiger partial charge in [-0.05, 0) is 48.9 Å². The fraction of sp³-hybridized carbons (Fsp3) is 0.158. The summed E-state index contributed by atoms with van der Waals surface area (Å²) in [5.74, 6) is 0.121. The first-order chi connectivity index (χ1) is 12.1. The zero-order valence-corrected chi connectivity index (χ0v) is 14.3. The Bertz CT molecular complexity index is 923. The molecule has 6 heteroatoms. The molecular weight excluding hydrogens is 339 g/mol. The quantitative estimate of drug-likeness (QED) is 0.686. The van der Waals surface area contributed by atoms with Gasteiger partial charge >= 0.3 is 0 Å². The number of hydrogen-bond donors (Lipinski definition) is 0. The van der Waals surface area contributed by atoms with Crippen molar-refractivity contribution in [1.82, 2.24) is 4.98 Å². The van der Waals surface area contributed by atoms with Gasteiger partial charge < -0.3 is 4.74 Å². The lowest BCUT2D eigenvalue weighted by Gasteiger charge is -2.32. The van der Waals surface area contributed by atoms with Gasteiger partial charge in [0.2, 0.25) is 5.88 Å². The number of anilines is 1. The Kier molecular flexibility index (Phi) is 3.97. The summed E-state index contributed by atoms with van der Waals surface area (Å²) in [7, 11) is 0. The SMILES string of the molecule is C[C@@H]1CN(C(=O)c2ccc(-c3ccc(F)cc3)s2)c2cccnc2O1. The topological polar surface area (TPSA) is 42.4 Å². The number of nitrogens with zero attached hydrogens (tertiary/aromatic N) is 2. The maximum absolute atomic E-state index is 13.1. The van der Waals surface area contributed by atoms with Crippen LogP contribution in [0.25, 0.3) is 10.4 Å². The molecule has 0 N–H and O–H groups in total. The van der Waals surface area contributed by atoms with Gasteiger partial charge in [0.25, 0.3) is 5.91 Å². The summed E-state index contributed by atoms with van der Waals surface area (Å²) in [6.45, 7) is 2.39. The third-order valence-electron chi connectivity index (χ3n) is 3.99. The fourth-order valence-corrected chi connectivity index (χ4v) is 3.77. The average molecular weight is 354 g/mol. The van der Waals surface area contributed by atoms with Crippen molar-refractivity contribution in [3.8, 4) is 16.3 Å². The molecular formula is C19H15FN2O2S. The Morgan fingerprint density at radius 1 is 1.24 bits per heavy atom. The van der Waals surface area contributed by atoms with Gasteiger partial charge in [-0.3, -0.25) is 9.69 Å². The maximum atomic E-state index is 13.1. The van der Waals surface area contributed by atoms with Crippen LogP contribution in [0.5, 0.6) is 5.88 Å². The molecule has 2 aromatic heterocycles. The summed E-state index contributed by atoms with van der Waals surface area (Å²) < 4.78 is 18.8. The highest BCUT2D eigenvalue weighted by Gasteiger charge is 2.29. The zero-order valence-electron chi connectivity index (χ0n) is 13.5. The largest absolute Gasteiger partial charge is 0.471 e. The standard InChI is InChI=1S/C19H15FN2O2S/c1-12-11-22(15-3-2-10-21-18(15)24-12)19(23)17-9-8-16(25-17)13-4-6-14(20)7-5-13/h2-10,12H,11H2,1H3/t12-/m1/s1. The molecule has 1 aliphatic rings. The van der Waals surface area contributed by atoms with Crippen molar-refractivity contribution in [1.29, 1.82) is 0 Å². The van der Waals surface area contributed by atoms with Gasteiger partial charge in [-0.2, -0.15) is 0 Å². The first kappa shape index (κ1) is 15.8. The van der Waals surface area contributed by atoms with Crippen molar-refractivity contribution in [3.63, 3.8) is 0 Å². The van der Waals surface area contributed by atoms with Crippen LogP contribution in [0.3, 0.4) is 0 Å². The van der Waals surface area contributed by atoms with Gasteiger partial charge in [0.05, 0.1) is 11.4 Å². The monoisotopic (exact) mass is 354 g/mol. The minimum atomic E-state index is -0.275. The molecule has 4 nitrogen and oxygen atoms in total. The first-order valence-electron chi connectivity index (χ1n) is 7.91. The Hall–Kier alpha value is -2.73. The zero-order chi connectivity index (χ0) is 17.4. The van der Waals surface area contributed by atoms with E-state index in [2.05, 4.69) is 4.98 Å². The molecule has 0 spiro atoms. The van der Waals surface area contributed by atoms with E-state index < -0.39 is 0 Å². The van der Waals surface area contributed by atoms with Crippen molar-refractivity contribution >= 4 is 22.9 Å². The van der Waals surface area contributed by atoms with E-state index in [0.717, 1.165) is 10.4 Å². The van der Waals surface area contributed by atoms with Crippen LogP contribution in [-0.4, -0.2) is 23.5 Å². The number of ether oxygens (including phenoxy) is 1. The number of halogens is 1. The Balaban J connectivity index is 1.65. The Labute approximate surface area is 148 Å². The van der Waals surface area contributed by atoms with Crippen molar-refractivity contribution < 1.29 is 13.9 Å². The lowest BCUT2D eigenvalue weighted by molar-refractivity contribution is 0.0962. The van der Waals surface area contributed by atoms with Crippen molar-refractivity contribution in [2.24, 2.45) is 0 Å². The van der Waals surface area contributed by atoms with Crippen molar-refractivity contribution in [2.45, 2.75) is 13.0 Å². The van der Waals surface area contributed by atoms with E-state index in [1.54, 1.807) is 29.3 Å². The molecule has 1 amide bonds. The number of fused-ring (bicyclic) bond motifs is 1. The molecule has 1 aromatic carbocycles. The van der Waals surface area contributed by atoms with Crippen LogP contribution in [0.2, 0.25) is 0 Å². The van der Waals surface area contributed by atoms with E-state index in [-0.39, 0.29) is 17.8 Å². The minimum absolute atomic E-state index is 0.0808. The van der Waals surface area contributed by atoms with Crippen molar-refractivity contribution in [2.75, 3.05) is 11.4 Å². The fourth-order valence-electron chi connectivity index (χ4n) is 2.81. The molecule has 0 fully saturated rings. The van der Waals surface area contributed by atoms with Crippen LogP contribution in [0.1, 0.15) is 16.6 Å². The molecule has 0 aliphatic carbocycles. The average Bonchev–Trinajstić information content (AvgIpc) is 3.11. The van der Waals surface area contributed by atoms with Crippen LogP contribution in [0, 0.1) is 5.82 Å². The van der Waals surface area contributed by atoms with Crippen LogP contribution in [0.15, 0.2) is 54.7 Å². The van der Waals surface area contributed by atoms with E-state index in [9.17, 15) is 9.18 Å². The van der Waals surface area contributed by atoms with Gasteiger partial charge in [-0.25, -0.2) is 9.37 Å². The van der Waals surface area contributed by atoms with E-state index in [4.69, 9.17) is 4.74 Å². The van der Waals surface area contributed by atoms with Gasteiger partial charge in [-0.1, -0.05) is 12.1 Å². The van der Waals surface area contributed by atoms with Gasteiger partial charge in [0.15, 0.2) is 0 Å². The minimum Gasteiger partial charge on any atom is -0.471 e. The normalized spacial score (nSPS) is 16.2. The van der Waals surface area contributed by atoms with Crippen molar-refractivity contribution in [3.05, 3.63) is 65.4 Å². The first-order valence-corrected chi connectivity index (χ1v) is 8.73. The molecule has 0 saturated carbocycles. The molecule has 0 unspecified atom stereocenters. The number of benzene rings is 1. The highest BCUT2D eigenvalue weighted by atomic mass is 32.1. The number of pyridine rings is 1. The van der Waals surface area contributed by atoms with Gasteiger partial charge in [-0.15, -0.1) is 11.3 Å². The molecule has 0 saturated heterocycles. The molecule has 1 aliphatic heterocycles. The highest BCUT2D eigenvalue weighted by molar-refractivity contribution is 7.17. The third-order valence-corrected chi connectivity index (χ3v) is 5.11. The smallest absolute Gasteiger partial charge is 0.268 e. The molecule has 0 radical (unpaired) electrons. The maximum Gasteiger partial charge on any atom is 0.268 e. The summed E-state index contributed by atoms with van der Waals surface area (Å²) in [5.41, 5.74) is 1.57. The summed E-state index contributed by atoms with van der Waals surface area (Å²) in [6.07, 6.45) is 1.53. The number of rotatable bonds is 2. The molecule has 0 bridgehead atoms. The number of amides is 1. The number of aromatic nitrogens is 1. The Morgan fingerprint density at radius 3 is 2.84 bits per heavy atom. The molecule has 126 valence electrons. The van der Waals surface area contributed by atoms with Crippen LogP contribution < -0.4 is 9.64 Å². The highest BCUT2D eigenvalue weighted by Crippen LogP contribution is 2.34. The third kappa shape index (κ3) is 3.00.